The van der Waals surface area contributed by atoms with Gasteiger partial charge < -0.3 is 9.64 Å². The lowest BCUT2D eigenvalue weighted by Crippen LogP contribution is -2.41. The second-order valence-electron chi connectivity index (χ2n) is 4.09. The lowest BCUT2D eigenvalue weighted by atomic mass is 10.1. The summed E-state index contributed by atoms with van der Waals surface area (Å²) in [6.45, 7) is 4.51. The maximum absolute atomic E-state index is 9.31. The Balaban J connectivity index is 2.34. The van der Waals surface area contributed by atoms with E-state index in [9.17, 15) is 5.26 Å². The number of benzene rings is 1. The van der Waals surface area contributed by atoms with E-state index in [1.807, 2.05) is 24.5 Å². The summed E-state index contributed by atoms with van der Waals surface area (Å²) in [6.07, 6.45) is 2.23. The first-order valence-corrected chi connectivity index (χ1v) is 6.92. The molecule has 1 heterocycles. The van der Waals surface area contributed by atoms with Crippen molar-refractivity contribution in [3.05, 3.63) is 23.8 Å². The van der Waals surface area contributed by atoms with E-state index in [0.29, 0.717) is 0 Å². The molecular formula is C13H16N2OS. The Labute approximate surface area is 106 Å². The summed E-state index contributed by atoms with van der Waals surface area (Å²) >= 11 is 1.62. The first-order chi connectivity index (χ1) is 8.26. The second-order valence-corrected chi connectivity index (χ2v) is 4.94. The van der Waals surface area contributed by atoms with Crippen LogP contribution >= 0.6 is 11.8 Å². The highest BCUT2D eigenvalue weighted by molar-refractivity contribution is 7.98. The molecular weight excluding hydrogens is 232 g/mol. The van der Waals surface area contributed by atoms with Crippen LogP contribution in [-0.4, -0.2) is 32.1 Å². The number of morpholine rings is 1. The molecule has 0 bridgehead atoms. The van der Waals surface area contributed by atoms with Crippen molar-refractivity contribution in [2.45, 2.75) is 17.9 Å². The predicted molar refractivity (Wildman–Crippen MR) is 70.6 cm³/mol. The lowest BCUT2D eigenvalue weighted by Gasteiger charge is -2.33. The Bertz CT molecular complexity index is 442. The minimum Gasteiger partial charge on any atom is -0.375 e. The number of rotatable bonds is 2. The smallest absolute Gasteiger partial charge is 0.103 e. The van der Waals surface area contributed by atoms with Crippen LogP contribution in [0.25, 0.3) is 0 Å². The minimum atomic E-state index is 0.230. The van der Waals surface area contributed by atoms with Gasteiger partial charge in [0, 0.05) is 18.0 Å². The molecule has 90 valence electrons. The quantitative estimate of drug-likeness (QED) is 0.753. The van der Waals surface area contributed by atoms with E-state index in [2.05, 4.69) is 17.9 Å². The number of nitriles is 1. The minimum absolute atomic E-state index is 0.230. The van der Waals surface area contributed by atoms with Gasteiger partial charge in [0.25, 0.3) is 0 Å². The average Bonchev–Trinajstić information content (AvgIpc) is 2.37. The number of anilines is 1. The maximum atomic E-state index is 9.31. The van der Waals surface area contributed by atoms with E-state index in [1.54, 1.807) is 11.8 Å². The van der Waals surface area contributed by atoms with E-state index >= 15 is 0 Å². The molecule has 1 aromatic rings. The van der Waals surface area contributed by atoms with Crippen LogP contribution in [0.4, 0.5) is 5.69 Å². The van der Waals surface area contributed by atoms with Gasteiger partial charge in [-0.05, 0) is 25.3 Å². The zero-order valence-electron chi connectivity index (χ0n) is 10.1. The van der Waals surface area contributed by atoms with E-state index in [4.69, 9.17) is 4.74 Å². The molecule has 0 amide bonds. The fraction of sp³-hybridized carbons (Fsp3) is 0.462. The molecule has 1 aromatic carbocycles. The second kappa shape index (κ2) is 5.44. The van der Waals surface area contributed by atoms with E-state index in [1.165, 1.54) is 0 Å². The SMILES string of the molecule is CSc1cccc(N2CCOC(C)C2)c1C#N. The Morgan fingerprint density at radius 1 is 1.53 bits per heavy atom. The highest BCUT2D eigenvalue weighted by Crippen LogP contribution is 2.29. The number of ether oxygens (including phenoxy) is 1. The molecule has 2 rings (SSSR count). The van der Waals surface area contributed by atoms with Crippen LogP contribution in [0.15, 0.2) is 23.1 Å². The molecule has 1 unspecified atom stereocenters. The highest BCUT2D eigenvalue weighted by Gasteiger charge is 2.20. The summed E-state index contributed by atoms with van der Waals surface area (Å²) < 4.78 is 5.53. The van der Waals surface area contributed by atoms with Gasteiger partial charge in [-0.1, -0.05) is 6.07 Å². The Morgan fingerprint density at radius 2 is 2.35 bits per heavy atom. The normalized spacial score (nSPS) is 20.1. The molecule has 1 saturated heterocycles. The van der Waals surface area contributed by atoms with Crippen molar-refractivity contribution >= 4 is 17.4 Å². The van der Waals surface area contributed by atoms with Crippen LogP contribution in [0.5, 0.6) is 0 Å². The van der Waals surface area contributed by atoms with Crippen molar-refractivity contribution in [1.29, 1.82) is 5.26 Å². The molecule has 1 atom stereocenters. The third-order valence-corrected chi connectivity index (χ3v) is 3.70. The zero-order chi connectivity index (χ0) is 12.3. The Hall–Kier alpha value is -1.18. The molecule has 0 spiro atoms. The van der Waals surface area contributed by atoms with Crippen LogP contribution in [0.2, 0.25) is 0 Å². The predicted octanol–water partition coefficient (Wildman–Crippen LogP) is 2.51. The van der Waals surface area contributed by atoms with Crippen molar-refractivity contribution in [1.82, 2.24) is 0 Å². The van der Waals surface area contributed by atoms with Crippen LogP contribution in [0.1, 0.15) is 12.5 Å². The summed E-state index contributed by atoms with van der Waals surface area (Å²) in [5.41, 5.74) is 1.82. The molecule has 0 aliphatic carbocycles. The van der Waals surface area contributed by atoms with Crippen LogP contribution in [-0.2, 0) is 4.74 Å². The van der Waals surface area contributed by atoms with E-state index < -0.39 is 0 Å². The van der Waals surface area contributed by atoms with Crippen molar-refractivity contribution < 1.29 is 4.74 Å². The third-order valence-electron chi connectivity index (χ3n) is 2.92. The first-order valence-electron chi connectivity index (χ1n) is 5.70. The van der Waals surface area contributed by atoms with Gasteiger partial charge >= 0.3 is 0 Å². The number of hydrogen-bond acceptors (Lipinski definition) is 4. The van der Waals surface area contributed by atoms with Gasteiger partial charge in [0.2, 0.25) is 0 Å². The summed E-state index contributed by atoms with van der Waals surface area (Å²) in [5.74, 6) is 0. The van der Waals surface area contributed by atoms with Gasteiger partial charge in [0.1, 0.15) is 6.07 Å². The van der Waals surface area contributed by atoms with Crippen molar-refractivity contribution in [3.8, 4) is 6.07 Å². The average molecular weight is 248 g/mol. The molecule has 1 fully saturated rings. The standard InChI is InChI=1S/C13H16N2OS/c1-10-9-15(6-7-16-10)12-4-3-5-13(17-2)11(12)8-14/h3-5,10H,6-7,9H2,1-2H3. The molecule has 0 saturated carbocycles. The van der Waals surface area contributed by atoms with Crippen LogP contribution in [0, 0.1) is 11.3 Å². The van der Waals surface area contributed by atoms with Crippen LogP contribution < -0.4 is 4.90 Å². The zero-order valence-corrected chi connectivity index (χ0v) is 11.0. The fourth-order valence-electron chi connectivity index (χ4n) is 2.10. The highest BCUT2D eigenvalue weighted by atomic mass is 32.2. The lowest BCUT2D eigenvalue weighted by molar-refractivity contribution is 0.0532. The van der Waals surface area contributed by atoms with Gasteiger partial charge in [-0.2, -0.15) is 5.26 Å². The largest absolute Gasteiger partial charge is 0.375 e. The maximum Gasteiger partial charge on any atom is 0.103 e. The monoisotopic (exact) mass is 248 g/mol. The summed E-state index contributed by atoms with van der Waals surface area (Å²) in [7, 11) is 0. The molecule has 4 heteroatoms. The Kier molecular flexibility index (Phi) is 3.93. The molecule has 1 aliphatic heterocycles. The molecule has 17 heavy (non-hydrogen) atoms. The molecule has 0 N–H and O–H groups in total. The van der Waals surface area contributed by atoms with Crippen molar-refractivity contribution in [2.24, 2.45) is 0 Å². The van der Waals surface area contributed by atoms with Crippen molar-refractivity contribution in [3.63, 3.8) is 0 Å². The molecule has 0 aromatic heterocycles. The number of thioether (sulfide) groups is 1. The van der Waals surface area contributed by atoms with Crippen LogP contribution in [0.3, 0.4) is 0 Å². The first kappa shape index (κ1) is 12.3. The van der Waals surface area contributed by atoms with Gasteiger partial charge in [-0.25, -0.2) is 0 Å². The summed E-state index contributed by atoms with van der Waals surface area (Å²) in [5, 5.41) is 9.31. The fourth-order valence-corrected chi connectivity index (χ4v) is 2.67. The number of nitrogens with zero attached hydrogens (tertiary/aromatic N) is 2. The molecule has 1 aliphatic rings. The molecule has 3 nitrogen and oxygen atoms in total. The van der Waals surface area contributed by atoms with Gasteiger partial charge in [-0.3, -0.25) is 0 Å². The third kappa shape index (κ3) is 2.56. The van der Waals surface area contributed by atoms with Gasteiger partial charge in [0.15, 0.2) is 0 Å². The molecule has 0 radical (unpaired) electrons. The summed E-state index contributed by atoms with van der Waals surface area (Å²) in [4.78, 5) is 3.29. The summed E-state index contributed by atoms with van der Waals surface area (Å²) in [6, 6.07) is 8.36. The van der Waals surface area contributed by atoms with Crippen molar-refractivity contribution in [2.75, 3.05) is 30.9 Å². The van der Waals surface area contributed by atoms with E-state index in [-0.39, 0.29) is 6.10 Å². The topological polar surface area (TPSA) is 36.3 Å². The van der Waals surface area contributed by atoms with Gasteiger partial charge in [-0.15, -0.1) is 11.8 Å². The van der Waals surface area contributed by atoms with Gasteiger partial charge in [0.05, 0.1) is 24.0 Å². The van der Waals surface area contributed by atoms with E-state index in [0.717, 1.165) is 35.8 Å². The Morgan fingerprint density at radius 3 is 3.00 bits per heavy atom. The number of hydrogen-bond donors (Lipinski definition) is 0.